The molecule has 114 valence electrons. The summed E-state index contributed by atoms with van der Waals surface area (Å²) in [7, 11) is 0. The van der Waals surface area contributed by atoms with Crippen molar-refractivity contribution in [3.05, 3.63) is 57.6 Å². The fraction of sp³-hybridized carbons (Fsp3) is 0. The largest absolute Gasteiger partial charge is 0.346 e. The predicted octanol–water partition coefficient (Wildman–Crippen LogP) is 5.34. The van der Waals surface area contributed by atoms with Crippen molar-refractivity contribution >= 4 is 67.3 Å². The summed E-state index contributed by atoms with van der Waals surface area (Å²) in [6.45, 7) is 0. The third-order valence-corrected chi connectivity index (χ3v) is 5.30. The van der Waals surface area contributed by atoms with E-state index in [-0.39, 0.29) is 5.91 Å². The minimum absolute atomic E-state index is 0.245. The Morgan fingerprint density at radius 3 is 2.78 bits per heavy atom. The van der Waals surface area contributed by atoms with E-state index in [0.29, 0.717) is 20.6 Å². The van der Waals surface area contributed by atoms with Gasteiger partial charge in [0.1, 0.15) is 5.65 Å². The molecule has 0 unspecified atom stereocenters. The van der Waals surface area contributed by atoms with Crippen molar-refractivity contribution in [2.24, 2.45) is 0 Å². The summed E-state index contributed by atoms with van der Waals surface area (Å²) in [5.41, 5.74) is 1.23. The topological polar surface area (TPSA) is 57.8 Å². The van der Waals surface area contributed by atoms with Gasteiger partial charge in [0.25, 0.3) is 5.91 Å². The third kappa shape index (κ3) is 2.47. The highest BCUT2D eigenvalue weighted by Crippen LogP contribution is 2.33. The first-order valence-corrected chi connectivity index (χ1v) is 8.32. The SMILES string of the molecule is O=C(Nc1c(Cl)cccc1Cl)c1cc2cnc3[nH]ccc3c2s1. The summed E-state index contributed by atoms with van der Waals surface area (Å²) < 4.78 is 1.02. The van der Waals surface area contributed by atoms with Gasteiger partial charge in [0.2, 0.25) is 0 Å². The van der Waals surface area contributed by atoms with Crippen LogP contribution in [0.2, 0.25) is 10.0 Å². The second kappa shape index (κ2) is 5.53. The van der Waals surface area contributed by atoms with Crippen LogP contribution < -0.4 is 5.32 Å². The summed E-state index contributed by atoms with van der Waals surface area (Å²) >= 11 is 13.6. The van der Waals surface area contributed by atoms with Crippen LogP contribution in [-0.2, 0) is 0 Å². The number of hydrogen-bond acceptors (Lipinski definition) is 3. The number of thiophene rings is 1. The highest BCUT2D eigenvalue weighted by atomic mass is 35.5. The Morgan fingerprint density at radius 1 is 1.22 bits per heavy atom. The first-order chi connectivity index (χ1) is 11.1. The number of aromatic nitrogens is 2. The number of anilines is 1. The molecule has 0 spiro atoms. The predicted molar refractivity (Wildman–Crippen MR) is 95.9 cm³/mol. The molecular weight excluding hydrogens is 353 g/mol. The van der Waals surface area contributed by atoms with Crippen molar-refractivity contribution in [3.8, 4) is 0 Å². The van der Waals surface area contributed by atoms with Crippen molar-refractivity contribution in [3.63, 3.8) is 0 Å². The van der Waals surface area contributed by atoms with Crippen LogP contribution in [0.3, 0.4) is 0 Å². The maximum atomic E-state index is 12.5. The molecule has 23 heavy (non-hydrogen) atoms. The molecule has 0 saturated heterocycles. The molecule has 1 amide bonds. The number of nitrogens with one attached hydrogen (secondary N) is 2. The number of halogens is 2. The van der Waals surface area contributed by atoms with Crippen LogP contribution >= 0.6 is 34.5 Å². The van der Waals surface area contributed by atoms with Gasteiger partial charge in [-0.25, -0.2) is 4.98 Å². The lowest BCUT2D eigenvalue weighted by molar-refractivity contribution is 0.103. The molecule has 1 aromatic carbocycles. The van der Waals surface area contributed by atoms with Crippen molar-refractivity contribution in [2.75, 3.05) is 5.32 Å². The number of carbonyl (C=O) groups is 1. The number of hydrogen-bond donors (Lipinski definition) is 2. The van der Waals surface area contributed by atoms with Crippen molar-refractivity contribution < 1.29 is 4.79 Å². The maximum absolute atomic E-state index is 12.5. The van der Waals surface area contributed by atoms with Crippen LogP contribution in [0, 0.1) is 0 Å². The first kappa shape index (κ1) is 14.5. The molecule has 0 bridgehead atoms. The maximum Gasteiger partial charge on any atom is 0.265 e. The smallest absolute Gasteiger partial charge is 0.265 e. The monoisotopic (exact) mass is 361 g/mol. The second-order valence-electron chi connectivity index (χ2n) is 4.94. The Bertz CT molecular complexity index is 1030. The van der Waals surface area contributed by atoms with E-state index in [9.17, 15) is 4.79 Å². The molecule has 0 fully saturated rings. The highest BCUT2D eigenvalue weighted by molar-refractivity contribution is 7.21. The first-order valence-electron chi connectivity index (χ1n) is 6.74. The van der Waals surface area contributed by atoms with Gasteiger partial charge < -0.3 is 10.3 Å². The Morgan fingerprint density at radius 2 is 2.00 bits per heavy atom. The van der Waals surface area contributed by atoms with E-state index in [4.69, 9.17) is 23.2 Å². The Kier molecular flexibility index (Phi) is 3.49. The zero-order valence-electron chi connectivity index (χ0n) is 11.6. The quantitative estimate of drug-likeness (QED) is 0.506. The summed E-state index contributed by atoms with van der Waals surface area (Å²) in [6, 6.07) is 8.86. The number of fused-ring (bicyclic) bond motifs is 3. The van der Waals surface area contributed by atoms with E-state index in [1.54, 1.807) is 24.4 Å². The van der Waals surface area contributed by atoms with E-state index in [2.05, 4.69) is 15.3 Å². The average molecular weight is 362 g/mol. The Labute approximate surface area is 145 Å². The van der Waals surface area contributed by atoms with Crippen LogP contribution in [0.25, 0.3) is 21.1 Å². The van der Waals surface area contributed by atoms with Crippen molar-refractivity contribution in [2.45, 2.75) is 0 Å². The number of H-pyrrole nitrogens is 1. The molecule has 4 nitrogen and oxygen atoms in total. The lowest BCUT2D eigenvalue weighted by atomic mass is 10.2. The summed E-state index contributed by atoms with van der Waals surface area (Å²) in [6.07, 6.45) is 3.59. The number of aromatic amines is 1. The number of pyridine rings is 1. The molecule has 7 heteroatoms. The molecule has 0 atom stereocenters. The molecule has 0 aliphatic rings. The number of para-hydroxylation sites is 1. The molecule has 3 aromatic heterocycles. The Hall–Kier alpha value is -2.08. The third-order valence-electron chi connectivity index (χ3n) is 3.49. The van der Waals surface area contributed by atoms with Crippen molar-refractivity contribution in [1.29, 1.82) is 0 Å². The fourth-order valence-corrected chi connectivity index (χ4v) is 3.95. The highest BCUT2D eigenvalue weighted by Gasteiger charge is 2.15. The van der Waals surface area contributed by atoms with Crippen molar-refractivity contribution in [1.82, 2.24) is 9.97 Å². The van der Waals surface area contributed by atoms with E-state index in [0.717, 1.165) is 21.1 Å². The fourth-order valence-electron chi connectivity index (χ4n) is 2.40. The van der Waals surface area contributed by atoms with Crippen LogP contribution in [0.5, 0.6) is 0 Å². The number of rotatable bonds is 2. The lowest BCUT2D eigenvalue weighted by Gasteiger charge is -2.07. The zero-order chi connectivity index (χ0) is 16.0. The molecule has 4 rings (SSSR count). The van der Waals surface area contributed by atoms with Gasteiger partial charge in [0, 0.05) is 27.9 Å². The molecule has 3 heterocycles. The summed E-state index contributed by atoms with van der Waals surface area (Å²) in [4.78, 5) is 20.5. The molecular formula is C16H9Cl2N3OS. The van der Waals surface area contributed by atoms with Gasteiger partial charge >= 0.3 is 0 Å². The zero-order valence-corrected chi connectivity index (χ0v) is 13.9. The van der Waals surface area contributed by atoms with Gasteiger partial charge in [0.05, 0.1) is 20.6 Å². The standard InChI is InChI=1S/C16H9Cl2N3OS/c17-10-2-1-3-11(18)13(10)21-16(22)12-6-8-7-20-15-9(4-5-19-15)14(8)23-12/h1-7H,(H,19,20)(H,21,22). The number of carbonyl (C=O) groups excluding carboxylic acids is 1. The minimum atomic E-state index is -0.245. The van der Waals surface area contributed by atoms with Crippen LogP contribution in [0.4, 0.5) is 5.69 Å². The second-order valence-corrected chi connectivity index (χ2v) is 6.81. The molecule has 0 saturated carbocycles. The average Bonchev–Trinajstić information content (AvgIpc) is 3.15. The molecule has 0 aliphatic heterocycles. The van der Waals surface area contributed by atoms with Crippen LogP contribution in [-0.4, -0.2) is 15.9 Å². The van der Waals surface area contributed by atoms with Gasteiger partial charge in [-0.05, 0) is 24.3 Å². The molecule has 0 aliphatic carbocycles. The van der Waals surface area contributed by atoms with Gasteiger partial charge in [-0.15, -0.1) is 11.3 Å². The van der Waals surface area contributed by atoms with E-state index >= 15 is 0 Å². The Balaban J connectivity index is 1.75. The molecule has 0 radical (unpaired) electrons. The number of benzene rings is 1. The normalized spacial score (nSPS) is 11.2. The van der Waals surface area contributed by atoms with E-state index in [1.807, 2.05) is 18.3 Å². The van der Waals surface area contributed by atoms with Crippen LogP contribution in [0.15, 0.2) is 42.7 Å². The summed E-state index contributed by atoms with van der Waals surface area (Å²) in [5, 5.41) is 5.52. The summed E-state index contributed by atoms with van der Waals surface area (Å²) in [5.74, 6) is -0.245. The van der Waals surface area contributed by atoms with Gasteiger partial charge in [0.15, 0.2) is 0 Å². The van der Waals surface area contributed by atoms with Crippen LogP contribution in [0.1, 0.15) is 9.67 Å². The number of amides is 1. The number of nitrogens with zero attached hydrogens (tertiary/aromatic N) is 1. The molecule has 4 aromatic rings. The van der Waals surface area contributed by atoms with E-state index < -0.39 is 0 Å². The molecule has 2 N–H and O–H groups in total. The van der Waals surface area contributed by atoms with Gasteiger partial charge in [-0.1, -0.05) is 29.3 Å². The minimum Gasteiger partial charge on any atom is -0.346 e. The lowest BCUT2D eigenvalue weighted by Crippen LogP contribution is -2.10. The van der Waals surface area contributed by atoms with Gasteiger partial charge in [-0.2, -0.15) is 0 Å². The van der Waals surface area contributed by atoms with Gasteiger partial charge in [-0.3, -0.25) is 4.79 Å². The van der Waals surface area contributed by atoms with E-state index in [1.165, 1.54) is 11.3 Å².